The van der Waals surface area contributed by atoms with Gasteiger partial charge in [-0.3, -0.25) is 9.59 Å². The maximum absolute atomic E-state index is 13.1. The second kappa shape index (κ2) is 7.80. The summed E-state index contributed by atoms with van der Waals surface area (Å²) >= 11 is 0. The molecule has 1 aliphatic rings. The molecule has 28 heavy (non-hydrogen) atoms. The number of alkyl halides is 3. The number of aromatic amines is 1. The molecule has 2 aromatic rings. The Balaban J connectivity index is 1.81. The van der Waals surface area contributed by atoms with Gasteiger partial charge < -0.3 is 15.0 Å². The van der Waals surface area contributed by atoms with E-state index in [1.807, 2.05) is 6.92 Å². The first-order chi connectivity index (χ1) is 13.2. The maximum atomic E-state index is 13.1. The number of anilines is 1. The Labute approximate surface area is 158 Å². The summed E-state index contributed by atoms with van der Waals surface area (Å²) in [6, 6.07) is 5.28. The van der Waals surface area contributed by atoms with Gasteiger partial charge >= 0.3 is 6.18 Å². The first-order valence-corrected chi connectivity index (χ1v) is 8.59. The van der Waals surface area contributed by atoms with Crippen molar-refractivity contribution < 1.29 is 22.7 Å². The quantitative estimate of drug-likeness (QED) is 0.739. The largest absolute Gasteiger partial charge is 0.493 e. The molecule has 1 aliphatic carbocycles. The number of pyridine rings is 1. The Hall–Kier alpha value is -3.21. The third-order valence-corrected chi connectivity index (χ3v) is 4.37. The monoisotopic (exact) mass is 390 g/mol. The van der Waals surface area contributed by atoms with Gasteiger partial charge in [0.2, 0.25) is 5.56 Å². The SMILES string of the molecule is C[C@@H]1C#C[C@@H]1CCOc1ccc(C(F)(F)F)cc1C(=O)Nc1cc[nH]c(=O)c1. The van der Waals surface area contributed by atoms with Crippen molar-refractivity contribution in [3.05, 3.63) is 58.0 Å². The minimum absolute atomic E-state index is 0.0373. The van der Waals surface area contributed by atoms with Gasteiger partial charge in [-0.1, -0.05) is 18.8 Å². The van der Waals surface area contributed by atoms with Crippen LogP contribution in [0.1, 0.15) is 29.3 Å². The molecule has 1 heterocycles. The summed E-state index contributed by atoms with van der Waals surface area (Å²) in [5.41, 5.74) is -1.51. The molecular weight excluding hydrogens is 373 g/mol. The van der Waals surface area contributed by atoms with E-state index in [1.165, 1.54) is 12.3 Å². The number of amides is 1. The van der Waals surface area contributed by atoms with Gasteiger partial charge in [-0.25, -0.2) is 0 Å². The average molecular weight is 390 g/mol. The van der Waals surface area contributed by atoms with Crippen molar-refractivity contribution in [3.63, 3.8) is 0 Å². The Morgan fingerprint density at radius 3 is 2.64 bits per heavy atom. The summed E-state index contributed by atoms with van der Waals surface area (Å²) in [5, 5.41) is 2.42. The third-order valence-electron chi connectivity index (χ3n) is 4.37. The Bertz CT molecular complexity index is 1000. The molecule has 0 saturated carbocycles. The number of benzene rings is 1. The van der Waals surface area contributed by atoms with Crippen LogP contribution in [-0.4, -0.2) is 17.5 Å². The van der Waals surface area contributed by atoms with E-state index in [-0.39, 0.29) is 35.4 Å². The van der Waals surface area contributed by atoms with Crippen molar-refractivity contribution in [3.8, 4) is 17.6 Å². The second-order valence-electron chi connectivity index (χ2n) is 6.43. The lowest BCUT2D eigenvalue weighted by molar-refractivity contribution is -0.137. The molecule has 8 heteroatoms. The molecule has 0 saturated heterocycles. The third kappa shape index (κ3) is 4.55. The van der Waals surface area contributed by atoms with E-state index in [4.69, 9.17) is 4.74 Å². The van der Waals surface area contributed by atoms with Crippen molar-refractivity contribution in [2.45, 2.75) is 19.5 Å². The number of hydrogen-bond donors (Lipinski definition) is 2. The standard InChI is InChI=1S/C20H17F3N2O3/c1-12-2-3-13(12)7-9-28-17-5-4-14(20(21,22)23)10-16(17)19(27)25-15-6-8-24-18(26)11-15/h4-6,8,10-13H,7,9H2,1H3,(H2,24,25,26,27)/t12-,13-/m1/s1. The van der Waals surface area contributed by atoms with Crippen LogP contribution in [0.2, 0.25) is 0 Å². The van der Waals surface area contributed by atoms with Crippen molar-refractivity contribution in [2.24, 2.45) is 11.8 Å². The number of hydrogen-bond acceptors (Lipinski definition) is 3. The van der Waals surface area contributed by atoms with E-state index in [1.54, 1.807) is 0 Å². The van der Waals surface area contributed by atoms with Gasteiger partial charge in [0.05, 0.1) is 17.7 Å². The summed E-state index contributed by atoms with van der Waals surface area (Å²) in [6.45, 7) is 2.21. The first-order valence-electron chi connectivity index (χ1n) is 8.59. The Morgan fingerprint density at radius 1 is 1.25 bits per heavy atom. The fraction of sp³-hybridized carbons (Fsp3) is 0.300. The molecule has 1 aromatic carbocycles. The molecular formula is C20H17F3N2O3. The van der Waals surface area contributed by atoms with Crippen molar-refractivity contribution >= 4 is 11.6 Å². The summed E-state index contributed by atoms with van der Waals surface area (Å²) in [4.78, 5) is 26.3. The lowest BCUT2D eigenvalue weighted by atomic mass is 9.85. The summed E-state index contributed by atoms with van der Waals surface area (Å²) in [5.74, 6) is 5.64. The van der Waals surface area contributed by atoms with Crippen LogP contribution in [0.5, 0.6) is 5.75 Å². The molecule has 1 aromatic heterocycles. The molecule has 2 atom stereocenters. The van der Waals surface area contributed by atoms with Crippen LogP contribution in [0, 0.1) is 23.7 Å². The number of nitrogens with one attached hydrogen (secondary N) is 2. The molecule has 2 N–H and O–H groups in total. The van der Waals surface area contributed by atoms with Crippen LogP contribution in [0.3, 0.4) is 0 Å². The number of halogens is 3. The van der Waals surface area contributed by atoms with Gasteiger partial charge in [-0.05, 0) is 30.7 Å². The van der Waals surface area contributed by atoms with E-state index in [0.717, 1.165) is 24.3 Å². The topological polar surface area (TPSA) is 71.2 Å². The molecule has 0 bridgehead atoms. The predicted octanol–water partition coefficient (Wildman–Crippen LogP) is 3.68. The molecule has 5 nitrogen and oxygen atoms in total. The number of ether oxygens (including phenoxy) is 1. The smallest absolute Gasteiger partial charge is 0.416 e. The van der Waals surface area contributed by atoms with Crippen molar-refractivity contribution in [1.29, 1.82) is 0 Å². The molecule has 0 aliphatic heterocycles. The van der Waals surface area contributed by atoms with Crippen LogP contribution in [0.15, 0.2) is 41.3 Å². The number of H-pyrrole nitrogens is 1. The van der Waals surface area contributed by atoms with Crippen molar-refractivity contribution in [1.82, 2.24) is 4.98 Å². The van der Waals surface area contributed by atoms with E-state index in [0.29, 0.717) is 6.42 Å². The fourth-order valence-corrected chi connectivity index (χ4v) is 2.72. The van der Waals surface area contributed by atoms with E-state index in [9.17, 15) is 22.8 Å². The Kier molecular flexibility index (Phi) is 5.45. The molecule has 1 amide bonds. The highest BCUT2D eigenvalue weighted by Crippen LogP contribution is 2.33. The summed E-state index contributed by atoms with van der Waals surface area (Å²) in [6.07, 6.45) is -2.67. The van der Waals surface area contributed by atoms with Crippen LogP contribution >= 0.6 is 0 Å². The van der Waals surface area contributed by atoms with Gasteiger partial charge in [0, 0.05) is 29.8 Å². The van der Waals surface area contributed by atoms with Crippen LogP contribution in [-0.2, 0) is 6.18 Å². The number of aromatic nitrogens is 1. The number of carbonyl (C=O) groups is 1. The zero-order valence-electron chi connectivity index (χ0n) is 14.9. The summed E-state index contributed by atoms with van der Waals surface area (Å²) in [7, 11) is 0. The van der Waals surface area contributed by atoms with Gasteiger partial charge in [0.25, 0.3) is 5.91 Å². The number of rotatable bonds is 6. The minimum Gasteiger partial charge on any atom is -0.493 e. The highest BCUT2D eigenvalue weighted by atomic mass is 19.4. The molecule has 3 rings (SSSR count). The summed E-state index contributed by atoms with van der Waals surface area (Å²) < 4.78 is 44.8. The first kappa shape index (κ1) is 19.5. The van der Waals surface area contributed by atoms with Gasteiger partial charge in [-0.15, -0.1) is 0 Å². The predicted molar refractivity (Wildman–Crippen MR) is 97.0 cm³/mol. The van der Waals surface area contributed by atoms with Crippen LogP contribution in [0.4, 0.5) is 18.9 Å². The van der Waals surface area contributed by atoms with Crippen LogP contribution < -0.4 is 15.6 Å². The lowest BCUT2D eigenvalue weighted by Crippen LogP contribution is -2.20. The van der Waals surface area contributed by atoms with Gasteiger partial charge in [0.15, 0.2) is 0 Å². The lowest BCUT2D eigenvalue weighted by Gasteiger charge is -2.21. The van der Waals surface area contributed by atoms with Crippen LogP contribution in [0.25, 0.3) is 0 Å². The zero-order valence-corrected chi connectivity index (χ0v) is 14.9. The maximum Gasteiger partial charge on any atom is 0.416 e. The molecule has 0 fully saturated rings. The highest BCUT2D eigenvalue weighted by molar-refractivity contribution is 6.06. The van der Waals surface area contributed by atoms with E-state index < -0.39 is 23.2 Å². The van der Waals surface area contributed by atoms with E-state index in [2.05, 4.69) is 22.1 Å². The Morgan fingerprint density at radius 2 is 2.04 bits per heavy atom. The highest BCUT2D eigenvalue weighted by Gasteiger charge is 2.32. The van der Waals surface area contributed by atoms with Crippen molar-refractivity contribution in [2.75, 3.05) is 11.9 Å². The second-order valence-corrected chi connectivity index (χ2v) is 6.43. The van der Waals surface area contributed by atoms with Gasteiger partial charge in [0.1, 0.15) is 5.75 Å². The average Bonchev–Trinajstić information content (AvgIpc) is 2.63. The minimum atomic E-state index is -4.60. The molecule has 0 unspecified atom stereocenters. The zero-order chi connectivity index (χ0) is 20.3. The molecule has 146 valence electrons. The molecule has 0 spiro atoms. The number of carbonyl (C=O) groups excluding carboxylic acids is 1. The normalized spacial score (nSPS) is 17.9. The fourth-order valence-electron chi connectivity index (χ4n) is 2.72. The van der Waals surface area contributed by atoms with Gasteiger partial charge in [-0.2, -0.15) is 13.2 Å². The molecule has 0 radical (unpaired) electrons. The van der Waals surface area contributed by atoms with E-state index >= 15 is 0 Å².